The summed E-state index contributed by atoms with van der Waals surface area (Å²) >= 11 is 0. The number of nitrogens with zero attached hydrogens (tertiary/aromatic N) is 3. The lowest BCUT2D eigenvalue weighted by Gasteiger charge is -2.16. The number of benzene rings is 2. The molecule has 0 bridgehead atoms. The second-order valence-corrected chi connectivity index (χ2v) is 9.20. The maximum Gasteiger partial charge on any atom is 0.408 e. The van der Waals surface area contributed by atoms with Crippen molar-refractivity contribution in [3.8, 4) is 5.69 Å². The van der Waals surface area contributed by atoms with Crippen LogP contribution in [0.2, 0.25) is 0 Å². The molecule has 0 aliphatic heterocycles. The Balaban J connectivity index is 1.43. The molecule has 9 nitrogen and oxygen atoms in total. The van der Waals surface area contributed by atoms with E-state index in [1.807, 2.05) is 50.2 Å². The number of carbonyl (C=O) groups excluding carboxylic acids is 2. The summed E-state index contributed by atoms with van der Waals surface area (Å²) < 4.78 is 7.45. The lowest BCUT2D eigenvalue weighted by atomic mass is 10.1. The number of aryl methyl sites for hydroxylation is 3. The van der Waals surface area contributed by atoms with Gasteiger partial charge in [0, 0.05) is 41.0 Å². The van der Waals surface area contributed by atoms with Gasteiger partial charge in [0.05, 0.1) is 12.5 Å². The van der Waals surface area contributed by atoms with E-state index in [-0.39, 0.29) is 13.0 Å². The van der Waals surface area contributed by atoms with E-state index in [9.17, 15) is 9.59 Å². The number of aromatic nitrogens is 3. The number of amides is 2. The monoisotopic (exact) mass is 512 g/mol. The van der Waals surface area contributed by atoms with E-state index < -0.39 is 18.0 Å². The molecule has 0 unspecified atom stereocenters. The lowest BCUT2D eigenvalue weighted by molar-refractivity contribution is -0.123. The van der Waals surface area contributed by atoms with Crippen LogP contribution in [0.4, 0.5) is 4.79 Å². The fourth-order valence-electron chi connectivity index (χ4n) is 4.16. The third-order valence-corrected chi connectivity index (χ3v) is 6.40. The molecule has 0 spiro atoms. The Labute approximate surface area is 222 Å². The van der Waals surface area contributed by atoms with E-state index in [1.165, 1.54) is 17.5 Å². The smallest absolute Gasteiger partial charge is 0.408 e. The van der Waals surface area contributed by atoms with Crippen molar-refractivity contribution in [2.75, 3.05) is 0 Å². The average molecular weight is 513 g/mol. The Kier molecular flexibility index (Phi) is 8.37. The van der Waals surface area contributed by atoms with Crippen molar-refractivity contribution < 1.29 is 14.3 Å². The topological polar surface area (TPSA) is 113 Å². The minimum absolute atomic E-state index is 0.0966. The van der Waals surface area contributed by atoms with Crippen LogP contribution in [0, 0.1) is 27.7 Å². The molecule has 0 saturated heterocycles. The van der Waals surface area contributed by atoms with Crippen molar-refractivity contribution in [2.24, 2.45) is 5.10 Å². The van der Waals surface area contributed by atoms with Gasteiger partial charge in [0.1, 0.15) is 12.6 Å². The normalized spacial score (nSPS) is 11.9. The van der Waals surface area contributed by atoms with Crippen LogP contribution >= 0.6 is 0 Å². The summed E-state index contributed by atoms with van der Waals surface area (Å²) in [5.74, 6) is -0.476. The molecule has 4 aromatic rings. The molecule has 3 N–H and O–H groups in total. The molecule has 2 aromatic heterocycles. The summed E-state index contributed by atoms with van der Waals surface area (Å²) in [4.78, 5) is 32.4. The maximum absolute atomic E-state index is 13.0. The summed E-state index contributed by atoms with van der Waals surface area (Å²) in [5.41, 5.74) is 10.5. The highest BCUT2D eigenvalue weighted by Crippen LogP contribution is 2.21. The van der Waals surface area contributed by atoms with Gasteiger partial charge in [-0.1, -0.05) is 36.4 Å². The van der Waals surface area contributed by atoms with Crippen LogP contribution in [0.25, 0.3) is 5.69 Å². The number of alkyl carbamates (subject to hydrolysis) is 1. The predicted octanol–water partition coefficient (Wildman–Crippen LogP) is 4.42. The number of nitrogens with one attached hydrogen (secondary N) is 3. The molecule has 0 aliphatic rings. The largest absolute Gasteiger partial charge is 0.445 e. The van der Waals surface area contributed by atoms with Crippen molar-refractivity contribution in [1.29, 1.82) is 0 Å². The van der Waals surface area contributed by atoms with E-state index in [1.54, 1.807) is 12.4 Å². The van der Waals surface area contributed by atoms with Crippen LogP contribution in [0.5, 0.6) is 0 Å². The van der Waals surface area contributed by atoms with Crippen LogP contribution in [0.1, 0.15) is 39.3 Å². The van der Waals surface area contributed by atoms with Crippen molar-refractivity contribution in [2.45, 2.75) is 46.8 Å². The number of hydrazone groups is 1. The zero-order valence-corrected chi connectivity index (χ0v) is 22.0. The number of H-pyrrole nitrogens is 1. The number of ether oxygens (including phenoxy) is 1. The highest BCUT2D eigenvalue weighted by Gasteiger charge is 2.22. The van der Waals surface area contributed by atoms with Gasteiger partial charge >= 0.3 is 6.09 Å². The first-order valence-corrected chi connectivity index (χ1v) is 12.4. The van der Waals surface area contributed by atoms with Gasteiger partial charge in [-0.2, -0.15) is 5.10 Å². The van der Waals surface area contributed by atoms with Gasteiger partial charge in [-0.3, -0.25) is 4.79 Å². The highest BCUT2D eigenvalue weighted by molar-refractivity contribution is 5.88. The van der Waals surface area contributed by atoms with Crippen molar-refractivity contribution in [1.82, 2.24) is 25.3 Å². The molecule has 1 atom stereocenters. The molecule has 2 amide bonds. The Morgan fingerprint density at radius 1 is 1.08 bits per heavy atom. The third-order valence-electron chi connectivity index (χ3n) is 6.40. The SMILES string of the molecule is Cc1ccc(-n2c(C)cc(/C=N\NC(=O)[C@@H](Cc3cnc[nH]3)NC(=O)OCc3ccccc3)c2C)cc1C. The summed E-state index contributed by atoms with van der Waals surface area (Å²) in [6.07, 6.45) is 4.22. The van der Waals surface area contributed by atoms with E-state index in [2.05, 4.69) is 62.4 Å². The molecule has 0 saturated carbocycles. The van der Waals surface area contributed by atoms with Gasteiger partial charge in [-0.25, -0.2) is 15.2 Å². The molecule has 196 valence electrons. The Bertz CT molecular complexity index is 1420. The van der Waals surface area contributed by atoms with Crippen molar-refractivity contribution in [3.05, 3.63) is 106 Å². The highest BCUT2D eigenvalue weighted by atomic mass is 16.5. The van der Waals surface area contributed by atoms with Gasteiger partial charge in [0.25, 0.3) is 5.91 Å². The number of imidazole rings is 1. The van der Waals surface area contributed by atoms with E-state index in [0.29, 0.717) is 5.69 Å². The van der Waals surface area contributed by atoms with Crippen LogP contribution in [0.15, 0.2) is 72.2 Å². The number of hydrogen-bond acceptors (Lipinski definition) is 5. The molecule has 2 aromatic carbocycles. The molecule has 2 heterocycles. The van der Waals surface area contributed by atoms with E-state index in [4.69, 9.17) is 4.74 Å². The van der Waals surface area contributed by atoms with E-state index >= 15 is 0 Å². The molecular weight excluding hydrogens is 480 g/mol. The first-order valence-electron chi connectivity index (χ1n) is 12.4. The minimum Gasteiger partial charge on any atom is -0.445 e. The number of carbonyl (C=O) groups is 2. The average Bonchev–Trinajstić information content (AvgIpc) is 3.52. The van der Waals surface area contributed by atoms with Crippen LogP contribution in [-0.2, 0) is 22.6 Å². The predicted molar refractivity (Wildman–Crippen MR) is 146 cm³/mol. The lowest BCUT2D eigenvalue weighted by Crippen LogP contribution is -2.47. The van der Waals surface area contributed by atoms with Gasteiger partial charge in [-0.05, 0) is 62.6 Å². The summed E-state index contributed by atoms with van der Waals surface area (Å²) in [5, 5.41) is 6.81. The number of aromatic amines is 1. The molecule has 9 heteroatoms. The molecular formula is C29H32N6O3. The minimum atomic E-state index is -0.918. The fraction of sp³-hybridized carbons (Fsp3) is 0.241. The summed E-state index contributed by atoms with van der Waals surface area (Å²) in [6, 6.07) is 16.8. The van der Waals surface area contributed by atoms with Crippen molar-refractivity contribution >= 4 is 18.2 Å². The molecule has 0 aliphatic carbocycles. The maximum atomic E-state index is 13.0. The van der Waals surface area contributed by atoms with Gasteiger partial charge in [0.15, 0.2) is 0 Å². The van der Waals surface area contributed by atoms with Crippen molar-refractivity contribution in [3.63, 3.8) is 0 Å². The van der Waals surface area contributed by atoms with Gasteiger partial charge < -0.3 is 19.6 Å². The second kappa shape index (κ2) is 12.1. The third kappa shape index (κ3) is 6.56. The summed E-state index contributed by atoms with van der Waals surface area (Å²) in [6.45, 7) is 8.32. The van der Waals surface area contributed by atoms with Crippen LogP contribution in [-0.4, -0.2) is 38.8 Å². The molecule has 4 rings (SSSR count). The standard InChI is InChI=1S/C29H32N6O3/c1-19-10-11-26(12-20(19)2)35-21(3)13-24(22(35)4)15-32-34-28(36)27(14-25-16-30-18-31-25)33-29(37)38-17-23-8-6-5-7-9-23/h5-13,15-16,18,27H,14,17H2,1-4H3,(H,30,31)(H,33,37)(H,34,36)/b32-15-/t27-/m1/s1. The number of hydrogen-bond donors (Lipinski definition) is 3. The molecule has 38 heavy (non-hydrogen) atoms. The Morgan fingerprint density at radius 3 is 2.58 bits per heavy atom. The number of rotatable bonds is 9. The zero-order chi connectivity index (χ0) is 27.1. The van der Waals surface area contributed by atoms with Gasteiger partial charge in [-0.15, -0.1) is 0 Å². The Hall–Kier alpha value is -4.66. The quantitative estimate of drug-likeness (QED) is 0.228. The molecule has 0 radical (unpaired) electrons. The molecule has 0 fully saturated rings. The van der Waals surface area contributed by atoms with E-state index in [0.717, 1.165) is 28.2 Å². The second-order valence-electron chi connectivity index (χ2n) is 9.20. The zero-order valence-electron chi connectivity index (χ0n) is 22.0. The Morgan fingerprint density at radius 2 is 1.87 bits per heavy atom. The van der Waals surface area contributed by atoms with Crippen LogP contribution < -0.4 is 10.7 Å². The van der Waals surface area contributed by atoms with Gasteiger partial charge in [0.2, 0.25) is 0 Å². The first-order chi connectivity index (χ1) is 18.3. The van der Waals surface area contributed by atoms with Crippen LogP contribution in [0.3, 0.4) is 0 Å². The first kappa shape index (κ1) is 26.4. The summed E-state index contributed by atoms with van der Waals surface area (Å²) in [7, 11) is 0. The fourth-order valence-corrected chi connectivity index (χ4v) is 4.16.